The molecule has 0 saturated heterocycles. The zero-order valence-electron chi connectivity index (χ0n) is 77.9. The molecule has 0 saturated carbocycles. The van der Waals surface area contributed by atoms with Crippen molar-refractivity contribution in [2.45, 2.75) is 13.8 Å². The first kappa shape index (κ1) is 84.2. The molecular weight excluding hydrogens is 1750 g/mol. The van der Waals surface area contributed by atoms with Gasteiger partial charge in [-0.25, -0.2) is 0 Å². The maximum absolute atomic E-state index is 6.41. The van der Waals surface area contributed by atoms with Crippen LogP contribution in [0.4, 0.5) is 0 Å². The summed E-state index contributed by atoms with van der Waals surface area (Å²) in [7, 11) is 0. The highest BCUT2D eigenvalue weighted by Crippen LogP contribution is 2.45. The van der Waals surface area contributed by atoms with Crippen molar-refractivity contribution in [3.05, 3.63) is 478 Å². The summed E-state index contributed by atoms with van der Waals surface area (Å²) in [5, 5.41) is 0. The maximum Gasteiger partial charge on any atom is 0.260 e. The first-order valence-corrected chi connectivity index (χ1v) is 48.7. The van der Waals surface area contributed by atoms with Crippen molar-refractivity contribution in [2.24, 2.45) is 0 Å². The average Bonchev–Trinajstić information content (AvgIpc) is 0.723. The van der Waals surface area contributed by atoms with E-state index in [2.05, 4.69) is 329 Å². The van der Waals surface area contributed by atoms with Crippen LogP contribution in [0.1, 0.15) is 11.1 Å². The standard InChI is InChI=1S/2C30H19BO2.2C24H15BO2.C20H15BO2/c1-3-8-20(9-4-1)22-14-16-26-24(18-22)31-25-19-23(21-10-5-2-6-11-21)15-17-27(25)33-29-13-7-12-28(32-26)30(29)31;1-3-8-20(9-4-1)22-14-16-24-28(18-22)32-26-12-7-13-27-30(26)31(24)25-17-15-23(19-29(25)33-27)21-10-5-2-6-11-21;1-2-7-16(8-3-1)17-13-14-21-19(15-17)25-18-9-4-5-10-20(18)26-22-11-6-12-23(27-21)24(22)25;1-2-7-16(8-3-1)17-13-14-19-23(15-17)27-22-12-6-11-21-24(22)25(19)18-9-4-5-10-20(18)26-21;1-12-6-8-14-18(10-12)22-16-4-3-5-17-20(16)21(14)15-9-7-13(2)11-19(15)23-17/h2*1-19H;2*1-15H;3-11H,1-2H3. The van der Waals surface area contributed by atoms with E-state index < -0.39 is 0 Å². The molecule has 31 rings (SSSR count). The van der Waals surface area contributed by atoms with Gasteiger partial charge in [0.25, 0.3) is 33.6 Å². The van der Waals surface area contributed by atoms with Gasteiger partial charge in [-0.3, -0.25) is 0 Å². The van der Waals surface area contributed by atoms with Gasteiger partial charge in [-0.1, -0.05) is 346 Å². The van der Waals surface area contributed by atoms with Gasteiger partial charge >= 0.3 is 0 Å². The van der Waals surface area contributed by atoms with Crippen LogP contribution in [0.25, 0.3) is 66.8 Å². The summed E-state index contributed by atoms with van der Waals surface area (Å²) in [6.45, 7) is 4.75. The fourth-order valence-corrected chi connectivity index (χ4v) is 22.1. The predicted molar refractivity (Wildman–Crippen MR) is 583 cm³/mol. The average molecular weight is 1840 g/mol. The molecule has 10 aliphatic rings. The Morgan fingerprint density at radius 2 is 0.280 bits per heavy atom. The SMILES string of the molecule is Cc1ccc2c(c1)Oc1cccc3c1B2c1ccc(C)cc1O3.c1ccc(-c2ccc3c(c2)B2c4cc(-c5ccccc5)ccc4Oc4cccc(c42)O3)cc1.c1ccc(-c2ccc3c(c2)B2c4ccccc4Oc4cccc(c42)O3)cc1.c1ccc(-c2ccc3c(c2)Oc2cccc4c2B3c2ccc(-c3ccccc3)cc2O4)cc1.c1ccc(-c2ccc3c(c2)Oc2cccc4c2B3c2ccccc2O4)cc1. The number of fused-ring (bicyclic) bond motifs is 20. The Balaban J connectivity index is 0.0000000897. The second-order valence-corrected chi connectivity index (χ2v) is 37.4. The summed E-state index contributed by atoms with van der Waals surface area (Å²) in [6, 6.07) is 162. The van der Waals surface area contributed by atoms with Gasteiger partial charge in [-0.05, 0) is 268 Å². The highest BCUT2D eigenvalue weighted by atomic mass is 16.5. The summed E-state index contributed by atoms with van der Waals surface area (Å²) in [6.07, 6.45) is 0. The van der Waals surface area contributed by atoms with Crippen molar-refractivity contribution in [1.29, 1.82) is 0 Å². The summed E-state index contributed by atoms with van der Waals surface area (Å²) < 4.78 is 62.8. The minimum absolute atomic E-state index is 0.0519. The minimum atomic E-state index is 0.0519. The van der Waals surface area contributed by atoms with E-state index in [1.165, 1.54) is 116 Å². The Labute approximate surface area is 831 Å². The lowest BCUT2D eigenvalue weighted by molar-refractivity contribution is 0.463. The molecular formula is C128H83B5O10. The Bertz CT molecular complexity index is 8360. The van der Waals surface area contributed by atoms with Crippen LogP contribution < -0.4 is 129 Å². The maximum atomic E-state index is 6.41. The third-order valence-corrected chi connectivity index (χ3v) is 28.8. The zero-order valence-corrected chi connectivity index (χ0v) is 77.9. The van der Waals surface area contributed by atoms with E-state index in [1.807, 2.05) is 152 Å². The smallest absolute Gasteiger partial charge is 0.260 e. The van der Waals surface area contributed by atoms with Crippen molar-refractivity contribution < 1.29 is 47.4 Å². The molecule has 670 valence electrons. The second kappa shape index (κ2) is 35.1. The number of rotatable bonds is 6. The summed E-state index contributed by atoms with van der Waals surface area (Å²) in [4.78, 5) is 0. The first-order chi connectivity index (χ1) is 70.7. The molecule has 0 bridgehead atoms. The number of hydrogen-bond acceptors (Lipinski definition) is 10. The molecule has 0 N–H and O–H groups in total. The number of hydrogen-bond donors (Lipinski definition) is 0. The van der Waals surface area contributed by atoms with Gasteiger partial charge in [0.2, 0.25) is 0 Å². The molecule has 15 heteroatoms. The quantitative estimate of drug-likeness (QED) is 0.150. The van der Waals surface area contributed by atoms with Gasteiger partial charge in [0, 0.05) is 27.3 Å². The van der Waals surface area contributed by atoms with E-state index >= 15 is 0 Å². The Morgan fingerprint density at radius 1 is 0.112 bits per heavy atom. The summed E-state index contributed by atoms with van der Waals surface area (Å²) in [5.74, 6) is 18.0. The van der Waals surface area contributed by atoms with Gasteiger partial charge in [0.1, 0.15) is 115 Å². The Kier molecular flexibility index (Phi) is 20.7. The van der Waals surface area contributed by atoms with Crippen molar-refractivity contribution in [3.63, 3.8) is 0 Å². The largest absolute Gasteiger partial charge is 0.458 e. The van der Waals surface area contributed by atoms with Crippen LogP contribution in [0.3, 0.4) is 0 Å². The van der Waals surface area contributed by atoms with Crippen molar-refractivity contribution in [1.82, 2.24) is 0 Å². The highest BCUT2D eigenvalue weighted by molar-refractivity contribution is 7.01. The fraction of sp³-hybridized carbons (Fsp3) is 0.0156. The lowest BCUT2D eigenvalue weighted by atomic mass is 9.34. The second-order valence-electron chi connectivity index (χ2n) is 37.4. The monoisotopic (exact) mass is 1830 g/mol. The van der Waals surface area contributed by atoms with Gasteiger partial charge in [-0.2, -0.15) is 0 Å². The Hall–Kier alpha value is -18.1. The van der Waals surface area contributed by atoms with Crippen LogP contribution in [-0.4, -0.2) is 33.6 Å². The van der Waals surface area contributed by atoms with E-state index in [4.69, 9.17) is 47.4 Å². The number of ether oxygens (including phenoxy) is 10. The molecule has 10 nitrogen and oxygen atoms in total. The Morgan fingerprint density at radius 3 is 0.531 bits per heavy atom. The molecule has 10 heterocycles. The predicted octanol–water partition coefficient (Wildman–Crippen LogP) is 22.7. The van der Waals surface area contributed by atoms with Crippen LogP contribution in [0, 0.1) is 13.8 Å². The highest BCUT2D eigenvalue weighted by Gasteiger charge is 2.47. The summed E-state index contributed by atoms with van der Waals surface area (Å²) in [5.41, 5.74) is 34.1. The third-order valence-electron chi connectivity index (χ3n) is 28.8. The molecule has 0 atom stereocenters. The number of para-hydroxylation sites is 2. The molecule has 21 aromatic carbocycles. The molecule has 143 heavy (non-hydrogen) atoms. The van der Waals surface area contributed by atoms with Crippen LogP contribution >= 0.6 is 0 Å². The fourth-order valence-electron chi connectivity index (χ4n) is 22.1. The normalized spacial score (nSPS) is 12.9. The molecule has 0 fully saturated rings. The first-order valence-electron chi connectivity index (χ1n) is 48.7. The van der Waals surface area contributed by atoms with Crippen LogP contribution in [0.15, 0.2) is 467 Å². The lowest BCUT2D eigenvalue weighted by Crippen LogP contribution is -2.57. The molecule has 0 unspecified atom stereocenters. The van der Waals surface area contributed by atoms with Gasteiger partial charge in [-0.15, -0.1) is 0 Å². The zero-order chi connectivity index (χ0) is 94.7. The molecule has 0 radical (unpaired) electrons. The van der Waals surface area contributed by atoms with Crippen LogP contribution in [0.5, 0.6) is 115 Å². The van der Waals surface area contributed by atoms with E-state index in [1.54, 1.807) is 0 Å². The molecule has 0 spiro atoms. The van der Waals surface area contributed by atoms with Crippen LogP contribution in [0.2, 0.25) is 0 Å². The van der Waals surface area contributed by atoms with Gasteiger partial charge in [0.05, 0.1) is 0 Å². The molecule has 10 aliphatic heterocycles. The van der Waals surface area contributed by atoms with Gasteiger partial charge in [0.15, 0.2) is 0 Å². The molecule has 0 aromatic heterocycles. The van der Waals surface area contributed by atoms with Crippen LogP contribution in [-0.2, 0) is 0 Å². The number of benzene rings is 21. The molecule has 0 aliphatic carbocycles. The van der Waals surface area contributed by atoms with Crippen molar-refractivity contribution in [3.8, 4) is 182 Å². The molecule has 21 aromatic rings. The van der Waals surface area contributed by atoms with Crippen molar-refractivity contribution >= 4 is 116 Å². The van der Waals surface area contributed by atoms with E-state index in [0.29, 0.717) is 0 Å². The lowest BCUT2D eigenvalue weighted by Gasteiger charge is -2.33. The minimum Gasteiger partial charge on any atom is -0.458 e. The number of aryl methyl sites for hydroxylation is 2. The van der Waals surface area contributed by atoms with Gasteiger partial charge < -0.3 is 47.4 Å². The topological polar surface area (TPSA) is 92.3 Å². The molecule has 0 amide bonds. The third kappa shape index (κ3) is 15.1. The van der Waals surface area contributed by atoms with Crippen molar-refractivity contribution in [2.75, 3.05) is 0 Å². The van der Waals surface area contributed by atoms with E-state index in [-0.39, 0.29) is 33.6 Å². The van der Waals surface area contributed by atoms with E-state index in [9.17, 15) is 0 Å². The summed E-state index contributed by atoms with van der Waals surface area (Å²) >= 11 is 0. The van der Waals surface area contributed by atoms with E-state index in [0.717, 1.165) is 159 Å².